The Kier molecular flexibility index (Phi) is 6.37. The van der Waals surface area contributed by atoms with E-state index in [1.54, 1.807) is 18.3 Å². The fourth-order valence-corrected chi connectivity index (χ4v) is 4.75. The van der Waals surface area contributed by atoms with Crippen molar-refractivity contribution >= 4 is 30.9 Å². The van der Waals surface area contributed by atoms with Gasteiger partial charge in [0.15, 0.2) is 11.4 Å². The minimum atomic E-state index is -2.29. The zero-order chi connectivity index (χ0) is 24.7. The summed E-state index contributed by atoms with van der Waals surface area (Å²) < 4.78 is 20.0. The molecule has 0 saturated heterocycles. The van der Waals surface area contributed by atoms with E-state index in [2.05, 4.69) is 49.5 Å². The Balaban J connectivity index is 1.71. The van der Waals surface area contributed by atoms with Crippen LogP contribution in [0.5, 0.6) is 5.75 Å². The van der Waals surface area contributed by atoms with Crippen molar-refractivity contribution in [1.29, 1.82) is 0 Å². The summed E-state index contributed by atoms with van der Waals surface area (Å²) in [6.07, 6.45) is 2.52. The van der Waals surface area contributed by atoms with Gasteiger partial charge in [0.2, 0.25) is 0 Å². The number of carbonyl (C=O) groups is 1. The van der Waals surface area contributed by atoms with E-state index in [-0.39, 0.29) is 34.4 Å². The van der Waals surface area contributed by atoms with Crippen molar-refractivity contribution in [2.75, 3.05) is 11.9 Å². The smallest absolute Gasteiger partial charge is 0.274 e. The molecule has 0 spiro atoms. The Morgan fingerprint density at radius 1 is 1.21 bits per heavy atom. The number of benzene rings is 1. The van der Waals surface area contributed by atoms with Gasteiger partial charge in [-0.05, 0) is 61.3 Å². The third-order valence-corrected chi connectivity index (χ3v) is 11.2. The van der Waals surface area contributed by atoms with Gasteiger partial charge in [-0.2, -0.15) is 0 Å². The van der Waals surface area contributed by atoms with E-state index < -0.39 is 8.32 Å². The molecule has 0 radical (unpaired) electrons. The minimum absolute atomic E-state index is 0.0255. The molecule has 180 valence electrons. The second kappa shape index (κ2) is 8.98. The highest BCUT2D eigenvalue weighted by Crippen LogP contribution is 2.43. The first-order valence-corrected chi connectivity index (χ1v) is 14.7. The predicted molar refractivity (Wildman–Crippen MR) is 137 cm³/mol. The molecule has 2 aromatic heterocycles. The first-order valence-electron chi connectivity index (χ1n) is 11.8. The van der Waals surface area contributed by atoms with Gasteiger partial charge in [0.25, 0.3) is 14.2 Å². The molecule has 1 amide bonds. The van der Waals surface area contributed by atoms with Crippen LogP contribution in [0, 0.1) is 5.82 Å². The van der Waals surface area contributed by atoms with Crippen molar-refractivity contribution in [3.8, 4) is 5.75 Å². The second-order valence-corrected chi connectivity index (χ2v) is 15.1. The molecule has 2 heterocycles. The van der Waals surface area contributed by atoms with Crippen LogP contribution in [0.1, 0.15) is 56.1 Å². The lowest BCUT2D eigenvalue weighted by Gasteiger charge is -2.37. The average molecular weight is 481 g/mol. The van der Waals surface area contributed by atoms with E-state index in [0.717, 1.165) is 17.4 Å². The lowest BCUT2D eigenvalue weighted by atomic mass is 10.1. The molecule has 1 fully saturated rings. The first kappa shape index (κ1) is 24.1. The SMILES string of the molecule is CCNc1nc(C(=O)NC2CC2c2ccc(F)cc2)c(O[Si](C)(C)C(C)(C)C)c2ncccc12. The average Bonchev–Trinajstić information content (AvgIpc) is 3.54. The van der Waals surface area contributed by atoms with Gasteiger partial charge in [0, 0.05) is 30.1 Å². The first-order chi connectivity index (χ1) is 16.0. The van der Waals surface area contributed by atoms with Crippen molar-refractivity contribution in [1.82, 2.24) is 15.3 Å². The van der Waals surface area contributed by atoms with E-state index in [1.165, 1.54) is 12.1 Å². The van der Waals surface area contributed by atoms with Crippen molar-refractivity contribution in [2.24, 2.45) is 0 Å². The molecule has 1 aliphatic rings. The molecule has 2 atom stereocenters. The molecule has 4 rings (SSSR count). The fourth-order valence-electron chi connectivity index (χ4n) is 3.74. The summed E-state index contributed by atoms with van der Waals surface area (Å²) >= 11 is 0. The van der Waals surface area contributed by atoms with Crippen molar-refractivity contribution < 1.29 is 13.6 Å². The number of hydrogen-bond donors (Lipinski definition) is 2. The van der Waals surface area contributed by atoms with Crippen molar-refractivity contribution in [2.45, 2.75) is 64.2 Å². The van der Waals surface area contributed by atoms with Crippen LogP contribution in [0.3, 0.4) is 0 Å². The number of fused-ring (bicyclic) bond motifs is 1. The summed E-state index contributed by atoms with van der Waals surface area (Å²) in [5.74, 6) is 0.682. The standard InChI is InChI=1S/C26H33FN4O2Si/c1-7-28-24-18-9-8-14-29-21(18)23(33-34(5,6)26(2,3)4)22(31-24)25(32)30-20-15-19(20)16-10-12-17(27)13-11-16/h8-14,19-20H,7,15H2,1-6H3,(H,28,31)(H,30,32). The molecule has 8 heteroatoms. The highest BCUT2D eigenvalue weighted by molar-refractivity contribution is 6.74. The molecule has 34 heavy (non-hydrogen) atoms. The van der Waals surface area contributed by atoms with Crippen LogP contribution in [-0.4, -0.2) is 36.8 Å². The molecule has 2 N–H and O–H groups in total. The van der Waals surface area contributed by atoms with Crippen LogP contribution >= 0.6 is 0 Å². The van der Waals surface area contributed by atoms with Gasteiger partial charge in [-0.1, -0.05) is 32.9 Å². The van der Waals surface area contributed by atoms with Crippen molar-refractivity contribution in [3.05, 3.63) is 59.7 Å². The molecular weight excluding hydrogens is 447 g/mol. The van der Waals surface area contributed by atoms with E-state index in [0.29, 0.717) is 23.6 Å². The number of nitrogens with one attached hydrogen (secondary N) is 2. The molecular formula is C26H33FN4O2Si. The van der Waals surface area contributed by atoms with E-state index in [4.69, 9.17) is 9.41 Å². The quantitative estimate of drug-likeness (QED) is 0.414. The Labute approximate surface area is 201 Å². The molecule has 1 aliphatic carbocycles. The normalized spacial score (nSPS) is 18.0. The monoisotopic (exact) mass is 480 g/mol. The number of carbonyl (C=O) groups excluding carboxylic acids is 1. The number of rotatable bonds is 7. The van der Waals surface area contributed by atoms with Crippen LogP contribution in [-0.2, 0) is 0 Å². The van der Waals surface area contributed by atoms with Crippen LogP contribution < -0.4 is 15.1 Å². The molecule has 0 bridgehead atoms. The molecule has 1 saturated carbocycles. The fraction of sp³-hybridized carbons (Fsp3) is 0.423. The summed E-state index contributed by atoms with van der Waals surface area (Å²) in [4.78, 5) is 22.9. The van der Waals surface area contributed by atoms with Crippen LogP contribution in [0.25, 0.3) is 10.9 Å². The van der Waals surface area contributed by atoms with Crippen LogP contribution in [0.4, 0.5) is 10.2 Å². The Bertz CT molecular complexity index is 1210. The topological polar surface area (TPSA) is 76.1 Å². The van der Waals surface area contributed by atoms with Gasteiger partial charge < -0.3 is 15.1 Å². The second-order valence-electron chi connectivity index (χ2n) is 10.4. The van der Waals surface area contributed by atoms with Gasteiger partial charge in [-0.3, -0.25) is 9.78 Å². The summed E-state index contributed by atoms with van der Waals surface area (Å²) in [5, 5.41) is 7.14. The van der Waals surface area contributed by atoms with Crippen molar-refractivity contribution in [3.63, 3.8) is 0 Å². The molecule has 3 aromatic rings. The van der Waals surface area contributed by atoms with Crippen LogP contribution in [0.2, 0.25) is 18.1 Å². The number of pyridine rings is 2. The number of aromatic nitrogens is 2. The minimum Gasteiger partial charge on any atom is -0.540 e. The lowest BCUT2D eigenvalue weighted by molar-refractivity contribution is 0.0943. The third kappa shape index (κ3) is 4.77. The number of hydrogen-bond acceptors (Lipinski definition) is 5. The number of halogens is 1. The van der Waals surface area contributed by atoms with E-state index in [1.807, 2.05) is 19.1 Å². The van der Waals surface area contributed by atoms with Crippen LogP contribution in [0.15, 0.2) is 42.6 Å². The lowest BCUT2D eigenvalue weighted by Crippen LogP contribution is -2.44. The molecule has 0 aliphatic heterocycles. The van der Waals surface area contributed by atoms with Gasteiger partial charge in [-0.25, -0.2) is 9.37 Å². The zero-order valence-corrected chi connectivity index (χ0v) is 21.7. The Morgan fingerprint density at radius 2 is 1.91 bits per heavy atom. The molecule has 1 aromatic carbocycles. The highest BCUT2D eigenvalue weighted by Gasteiger charge is 2.43. The number of anilines is 1. The zero-order valence-electron chi connectivity index (χ0n) is 20.7. The third-order valence-electron chi connectivity index (χ3n) is 6.84. The Hall–Kier alpha value is -3.00. The van der Waals surface area contributed by atoms with E-state index in [9.17, 15) is 9.18 Å². The summed E-state index contributed by atoms with van der Waals surface area (Å²) in [6.45, 7) is 13.4. The number of nitrogens with zero attached hydrogens (tertiary/aromatic N) is 2. The van der Waals surface area contributed by atoms with Gasteiger partial charge >= 0.3 is 0 Å². The largest absolute Gasteiger partial charge is 0.540 e. The molecule has 6 nitrogen and oxygen atoms in total. The summed E-state index contributed by atoms with van der Waals surface area (Å²) in [7, 11) is -2.29. The summed E-state index contributed by atoms with van der Waals surface area (Å²) in [5.41, 5.74) is 1.90. The molecule has 2 unspecified atom stereocenters. The highest BCUT2D eigenvalue weighted by atomic mass is 28.4. The predicted octanol–water partition coefficient (Wildman–Crippen LogP) is 5.87. The summed E-state index contributed by atoms with van der Waals surface area (Å²) in [6, 6.07) is 10.2. The van der Waals surface area contributed by atoms with Gasteiger partial charge in [0.05, 0.1) is 0 Å². The van der Waals surface area contributed by atoms with Gasteiger partial charge in [-0.15, -0.1) is 0 Å². The number of amides is 1. The maximum Gasteiger partial charge on any atom is 0.274 e. The van der Waals surface area contributed by atoms with Gasteiger partial charge in [0.1, 0.15) is 17.2 Å². The Morgan fingerprint density at radius 3 is 2.56 bits per heavy atom. The maximum atomic E-state index is 13.5. The maximum absolute atomic E-state index is 13.5. The van der Waals surface area contributed by atoms with E-state index >= 15 is 0 Å².